The monoisotopic (exact) mass is 310 g/mol. The lowest BCUT2D eigenvalue weighted by molar-refractivity contribution is -0.151. The van der Waals surface area contributed by atoms with E-state index >= 15 is 0 Å². The molecule has 0 spiro atoms. The molecule has 0 amide bonds. The van der Waals surface area contributed by atoms with Crippen LogP contribution in [0.2, 0.25) is 0 Å². The average molecular weight is 310 g/mol. The Kier molecular flexibility index (Phi) is 4.15. The summed E-state index contributed by atoms with van der Waals surface area (Å²) in [6.07, 6.45) is 1.40. The number of esters is 1. The third kappa shape index (κ3) is 3.42. The van der Waals surface area contributed by atoms with Crippen LogP contribution >= 0.6 is 0 Å². The van der Waals surface area contributed by atoms with Crippen molar-refractivity contribution >= 4 is 12.3 Å². The smallest absolute Gasteiger partial charge is 0.312 e. The molecule has 0 radical (unpaired) electrons. The highest BCUT2D eigenvalue weighted by molar-refractivity contribution is 5.85. The van der Waals surface area contributed by atoms with Crippen LogP contribution in [0.1, 0.15) is 18.9 Å². The Morgan fingerprint density at radius 1 is 1.17 bits per heavy atom. The SMILES string of the molecule is CC1(C(=O)OCc2cccc(Oc3ccccc3)c2)CC1C=O. The van der Waals surface area contributed by atoms with Crippen LogP contribution < -0.4 is 4.74 Å². The summed E-state index contributed by atoms with van der Waals surface area (Å²) in [5, 5.41) is 0. The van der Waals surface area contributed by atoms with E-state index in [1.54, 1.807) is 6.92 Å². The van der Waals surface area contributed by atoms with Crippen LogP contribution in [0, 0.1) is 11.3 Å². The molecular formula is C19H18O4. The molecule has 0 aromatic heterocycles. The van der Waals surface area contributed by atoms with Gasteiger partial charge in [0.25, 0.3) is 0 Å². The lowest BCUT2D eigenvalue weighted by Crippen LogP contribution is -2.18. The minimum Gasteiger partial charge on any atom is -0.460 e. The molecule has 4 heteroatoms. The van der Waals surface area contributed by atoms with Gasteiger partial charge >= 0.3 is 5.97 Å². The summed E-state index contributed by atoms with van der Waals surface area (Å²) in [5.74, 6) is 0.917. The molecule has 0 saturated heterocycles. The largest absolute Gasteiger partial charge is 0.460 e. The highest BCUT2D eigenvalue weighted by Crippen LogP contribution is 2.51. The second-order valence-corrected chi connectivity index (χ2v) is 6.00. The Hall–Kier alpha value is -2.62. The molecule has 0 aliphatic heterocycles. The summed E-state index contributed by atoms with van der Waals surface area (Å²) in [4.78, 5) is 22.8. The third-order valence-electron chi connectivity index (χ3n) is 4.18. The second kappa shape index (κ2) is 6.24. The Morgan fingerprint density at radius 3 is 2.61 bits per heavy atom. The standard InChI is InChI=1S/C19H18O4/c1-19(11-15(19)12-20)18(21)22-13-14-6-5-9-17(10-14)23-16-7-3-2-4-8-16/h2-10,12,15H,11,13H2,1H3. The van der Waals surface area contributed by atoms with Gasteiger partial charge in [-0.3, -0.25) is 4.79 Å². The molecule has 1 fully saturated rings. The van der Waals surface area contributed by atoms with E-state index in [1.807, 2.05) is 54.6 Å². The molecule has 0 heterocycles. The van der Waals surface area contributed by atoms with Crippen molar-refractivity contribution in [2.24, 2.45) is 11.3 Å². The number of rotatable bonds is 6. The lowest BCUT2D eigenvalue weighted by atomic mass is 10.1. The predicted octanol–water partition coefficient (Wildman–Crippen LogP) is 3.75. The number of ether oxygens (including phenoxy) is 2. The molecule has 2 aromatic carbocycles. The molecule has 1 aliphatic carbocycles. The fourth-order valence-corrected chi connectivity index (χ4v) is 2.47. The number of hydrogen-bond acceptors (Lipinski definition) is 4. The summed E-state index contributed by atoms with van der Waals surface area (Å²) < 4.78 is 11.1. The molecule has 4 nitrogen and oxygen atoms in total. The molecule has 118 valence electrons. The van der Waals surface area contributed by atoms with E-state index in [4.69, 9.17) is 9.47 Å². The minimum absolute atomic E-state index is 0.173. The highest BCUT2D eigenvalue weighted by atomic mass is 16.5. The van der Waals surface area contributed by atoms with E-state index in [0.29, 0.717) is 12.2 Å². The number of para-hydroxylation sites is 1. The van der Waals surface area contributed by atoms with Crippen molar-refractivity contribution in [1.82, 2.24) is 0 Å². The van der Waals surface area contributed by atoms with Crippen LogP contribution in [-0.2, 0) is 20.9 Å². The van der Waals surface area contributed by atoms with Gasteiger partial charge in [-0.05, 0) is 43.2 Å². The van der Waals surface area contributed by atoms with E-state index in [1.165, 1.54) is 0 Å². The van der Waals surface area contributed by atoms with E-state index in [2.05, 4.69) is 0 Å². The molecule has 2 aromatic rings. The molecular weight excluding hydrogens is 292 g/mol. The Morgan fingerprint density at radius 2 is 1.91 bits per heavy atom. The average Bonchev–Trinajstić information content (AvgIpc) is 3.26. The van der Waals surface area contributed by atoms with Crippen molar-refractivity contribution in [3.05, 3.63) is 60.2 Å². The van der Waals surface area contributed by atoms with Crippen molar-refractivity contribution in [1.29, 1.82) is 0 Å². The normalized spacial score (nSPS) is 22.2. The van der Waals surface area contributed by atoms with Crippen molar-refractivity contribution in [3.63, 3.8) is 0 Å². The zero-order chi connectivity index (χ0) is 16.3. The van der Waals surface area contributed by atoms with Crippen LogP contribution in [0.5, 0.6) is 11.5 Å². The maximum absolute atomic E-state index is 12.0. The van der Waals surface area contributed by atoms with Gasteiger partial charge in [-0.25, -0.2) is 0 Å². The van der Waals surface area contributed by atoms with Crippen LogP contribution in [0.4, 0.5) is 0 Å². The highest BCUT2D eigenvalue weighted by Gasteiger charge is 2.57. The zero-order valence-electron chi connectivity index (χ0n) is 12.9. The fourth-order valence-electron chi connectivity index (χ4n) is 2.47. The van der Waals surface area contributed by atoms with Crippen LogP contribution in [-0.4, -0.2) is 12.3 Å². The number of carbonyl (C=O) groups excluding carboxylic acids is 2. The van der Waals surface area contributed by atoms with Gasteiger partial charge in [0, 0.05) is 5.92 Å². The first-order valence-corrected chi connectivity index (χ1v) is 7.56. The maximum Gasteiger partial charge on any atom is 0.312 e. The molecule has 3 rings (SSSR count). The van der Waals surface area contributed by atoms with E-state index in [0.717, 1.165) is 17.6 Å². The van der Waals surface area contributed by atoms with E-state index in [9.17, 15) is 9.59 Å². The Labute approximate surface area is 135 Å². The van der Waals surface area contributed by atoms with Crippen molar-refractivity contribution in [3.8, 4) is 11.5 Å². The van der Waals surface area contributed by atoms with Crippen LogP contribution in [0.25, 0.3) is 0 Å². The summed E-state index contributed by atoms with van der Waals surface area (Å²) in [5.41, 5.74) is 0.207. The molecule has 0 bridgehead atoms. The van der Waals surface area contributed by atoms with Gasteiger partial charge in [0.2, 0.25) is 0 Å². The van der Waals surface area contributed by atoms with Crippen LogP contribution in [0.3, 0.4) is 0 Å². The summed E-state index contributed by atoms with van der Waals surface area (Å²) >= 11 is 0. The number of hydrogen-bond donors (Lipinski definition) is 0. The first-order valence-electron chi connectivity index (χ1n) is 7.56. The Bertz CT molecular complexity index is 710. The van der Waals surface area contributed by atoms with Gasteiger partial charge in [0.1, 0.15) is 24.4 Å². The van der Waals surface area contributed by atoms with Crippen molar-refractivity contribution in [2.75, 3.05) is 0 Å². The fraction of sp³-hybridized carbons (Fsp3) is 0.263. The maximum atomic E-state index is 12.0. The summed E-state index contributed by atoms with van der Waals surface area (Å²) in [7, 11) is 0. The Balaban J connectivity index is 1.60. The quantitative estimate of drug-likeness (QED) is 0.602. The van der Waals surface area contributed by atoms with Crippen LogP contribution in [0.15, 0.2) is 54.6 Å². The second-order valence-electron chi connectivity index (χ2n) is 6.00. The molecule has 2 unspecified atom stereocenters. The van der Waals surface area contributed by atoms with Gasteiger partial charge in [0.05, 0.1) is 5.41 Å². The number of benzene rings is 2. The minimum atomic E-state index is -0.639. The first kappa shape index (κ1) is 15.3. The van der Waals surface area contributed by atoms with Crippen molar-refractivity contribution < 1.29 is 19.1 Å². The molecule has 1 aliphatic rings. The van der Waals surface area contributed by atoms with Gasteiger partial charge in [-0.2, -0.15) is 0 Å². The number of carbonyl (C=O) groups is 2. The molecule has 2 atom stereocenters. The zero-order valence-corrected chi connectivity index (χ0v) is 12.9. The van der Waals surface area contributed by atoms with E-state index < -0.39 is 5.41 Å². The van der Waals surface area contributed by atoms with Gasteiger partial charge in [-0.15, -0.1) is 0 Å². The summed E-state index contributed by atoms with van der Waals surface area (Å²) in [6.45, 7) is 1.94. The number of aldehydes is 1. The van der Waals surface area contributed by atoms with E-state index in [-0.39, 0.29) is 18.5 Å². The van der Waals surface area contributed by atoms with Gasteiger partial charge in [-0.1, -0.05) is 30.3 Å². The summed E-state index contributed by atoms with van der Waals surface area (Å²) in [6, 6.07) is 16.9. The predicted molar refractivity (Wildman–Crippen MR) is 85.0 cm³/mol. The molecule has 23 heavy (non-hydrogen) atoms. The van der Waals surface area contributed by atoms with Gasteiger partial charge in [0.15, 0.2) is 0 Å². The lowest BCUT2D eigenvalue weighted by Gasteiger charge is -2.11. The topological polar surface area (TPSA) is 52.6 Å². The van der Waals surface area contributed by atoms with Gasteiger partial charge < -0.3 is 14.3 Å². The molecule has 0 N–H and O–H groups in total. The first-order chi connectivity index (χ1) is 11.1. The molecule has 1 saturated carbocycles. The third-order valence-corrected chi connectivity index (χ3v) is 4.18. The van der Waals surface area contributed by atoms with Crippen molar-refractivity contribution in [2.45, 2.75) is 20.0 Å².